The lowest BCUT2D eigenvalue weighted by atomic mass is 10.00. The maximum absolute atomic E-state index is 13.0. The molecule has 0 spiro atoms. The fraction of sp³-hybridized carbons (Fsp3) is 0.500. The maximum atomic E-state index is 13.0. The van der Waals surface area contributed by atoms with Gasteiger partial charge >= 0.3 is 0 Å². The molecule has 1 fully saturated rings. The third kappa shape index (κ3) is 2.58. The summed E-state index contributed by atoms with van der Waals surface area (Å²) < 4.78 is 18.1. The summed E-state index contributed by atoms with van der Waals surface area (Å²) >= 11 is 0. The Bertz CT molecular complexity index is 329. The van der Waals surface area contributed by atoms with E-state index in [2.05, 4.69) is 10.3 Å². The van der Waals surface area contributed by atoms with E-state index in [0.29, 0.717) is 11.8 Å². The molecule has 1 N–H and O–H groups in total. The first-order valence-corrected chi connectivity index (χ1v) is 4.71. The van der Waals surface area contributed by atoms with Gasteiger partial charge in [0.15, 0.2) is 0 Å². The van der Waals surface area contributed by atoms with Gasteiger partial charge in [0.1, 0.15) is 5.82 Å². The van der Waals surface area contributed by atoms with E-state index >= 15 is 0 Å². The first kappa shape index (κ1) is 12.2. The zero-order valence-corrected chi connectivity index (χ0v) is 9.31. The summed E-state index contributed by atoms with van der Waals surface area (Å²) in [5.74, 6) is 0.570. The molecule has 1 saturated heterocycles. The second-order valence-electron chi connectivity index (χ2n) is 3.44. The van der Waals surface area contributed by atoms with Crippen LogP contribution in [0.15, 0.2) is 12.3 Å². The van der Waals surface area contributed by atoms with Gasteiger partial charge in [-0.3, -0.25) is 0 Å². The van der Waals surface area contributed by atoms with Crippen LogP contribution in [0.1, 0.15) is 17.9 Å². The molecule has 1 unspecified atom stereocenters. The number of nitrogens with one attached hydrogen (secondary N) is 1. The second kappa shape index (κ2) is 5.28. The molecule has 15 heavy (non-hydrogen) atoms. The Kier molecular flexibility index (Phi) is 4.29. The number of nitrogens with zero attached hydrogens (tertiary/aromatic N) is 1. The van der Waals surface area contributed by atoms with E-state index in [9.17, 15) is 4.39 Å². The summed E-state index contributed by atoms with van der Waals surface area (Å²) in [5, 5.41) is 3.24. The number of methoxy groups -OCH3 is 1. The molecule has 0 bridgehead atoms. The lowest BCUT2D eigenvalue weighted by molar-refractivity contribution is 0.386. The van der Waals surface area contributed by atoms with Crippen LogP contribution in [0, 0.1) is 5.82 Å². The van der Waals surface area contributed by atoms with Crippen molar-refractivity contribution in [1.29, 1.82) is 0 Å². The normalized spacial score (nSPS) is 19.7. The van der Waals surface area contributed by atoms with Crippen molar-refractivity contribution in [2.24, 2.45) is 0 Å². The van der Waals surface area contributed by atoms with Gasteiger partial charge in [0.2, 0.25) is 5.88 Å². The molecule has 1 aliphatic heterocycles. The third-order valence-corrected chi connectivity index (χ3v) is 2.54. The first-order chi connectivity index (χ1) is 6.81. The summed E-state index contributed by atoms with van der Waals surface area (Å²) in [4.78, 5) is 3.92. The Morgan fingerprint density at radius 1 is 1.60 bits per heavy atom. The minimum absolute atomic E-state index is 0. The molecule has 0 aliphatic carbocycles. The van der Waals surface area contributed by atoms with Crippen LogP contribution in [-0.2, 0) is 0 Å². The smallest absolute Gasteiger partial charge is 0.216 e. The van der Waals surface area contributed by atoms with Crippen molar-refractivity contribution < 1.29 is 9.13 Å². The Morgan fingerprint density at radius 3 is 3.00 bits per heavy atom. The van der Waals surface area contributed by atoms with Crippen molar-refractivity contribution in [2.75, 3.05) is 20.2 Å². The quantitative estimate of drug-likeness (QED) is 0.843. The molecule has 5 heteroatoms. The maximum Gasteiger partial charge on any atom is 0.216 e. The van der Waals surface area contributed by atoms with Crippen molar-refractivity contribution in [3.8, 4) is 5.88 Å². The Balaban J connectivity index is 0.00000112. The topological polar surface area (TPSA) is 34.1 Å². The number of ether oxygens (including phenoxy) is 1. The highest BCUT2D eigenvalue weighted by atomic mass is 35.5. The van der Waals surface area contributed by atoms with Crippen molar-refractivity contribution in [3.05, 3.63) is 23.6 Å². The van der Waals surface area contributed by atoms with Crippen LogP contribution in [0.5, 0.6) is 5.88 Å². The summed E-state index contributed by atoms with van der Waals surface area (Å²) in [7, 11) is 1.56. The molecule has 3 nitrogen and oxygen atoms in total. The van der Waals surface area contributed by atoms with Gasteiger partial charge in [-0.1, -0.05) is 0 Å². The summed E-state index contributed by atoms with van der Waals surface area (Å²) in [6.45, 7) is 1.85. The highest BCUT2D eigenvalue weighted by Gasteiger charge is 2.21. The van der Waals surface area contributed by atoms with Crippen molar-refractivity contribution in [3.63, 3.8) is 0 Å². The van der Waals surface area contributed by atoms with Crippen LogP contribution < -0.4 is 10.1 Å². The van der Waals surface area contributed by atoms with E-state index < -0.39 is 0 Å². The second-order valence-corrected chi connectivity index (χ2v) is 3.44. The van der Waals surface area contributed by atoms with E-state index in [4.69, 9.17) is 4.74 Å². The predicted molar refractivity (Wildman–Crippen MR) is 58.2 cm³/mol. The van der Waals surface area contributed by atoms with E-state index in [0.717, 1.165) is 25.1 Å². The van der Waals surface area contributed by atoms with Gasteiger partial charge in [-0.2, -0.15) is 0 Å². The summed E-state index contributed by atoms with van der Waals surface area (Å²) in [6.07, 6.45) is 2.20. The van der Waals surface area contributed by atoms with Crippen LogP contribution in [0.3, 0.4) is 0 Å². The molecule has 2 heterocycles. The number of hydrogen-bond acceptors (Lipinski definition) is 3. The first-order valence-electron chi connectivity index (χ1n) is 4.71. The van der Waals surface area contributed by atoms with Gasteiger partial charge in [-0.05, 0) is 19.0 Å². The standard InChI is InChI=1S/C10H13FN2O.ClH/c1-14-10-9(4-8(11)6-13-10)7-2-3-12-5-7;/h4,6-7,12H,2-3,5H2,1H3;1H. The number of hydrogen-bond donors (Lipinski definition) is 1. The molecule has 0 aromatic carbocycles. The van der Waals surface area contributed by atoms with Gasteiger partial charge in [0, 0.05) is 18.0 Å². The third-order valence-electron chi connectivity index (χ3n) is 2.54. The molecule has 84 valence electrons. The lowest BCUT2D eigenvalue weighted by Gasteiger charge is -2.12. The number of halogens is 2. The van der Waals surface area contributed by atoms with Crippen molar-refractivity contribution >= 4 is 12.4 Å². The molecule has 0 amide bonds. The highest BCUT2D eigenvalue weighted by Crippen LogP contribution is 2.29. The molecule has 1 atom stereocenters. The minimum atomic E-state index is -0.298. The largest absolute Gasteiger partial charge is 0.481 e. The molecule has 1 aromatic heterocycles. The predicted octanol–water partition coefficient (Wildman–Crippen LogP) is 1.73. The van der Waals surface area contributed by atoms with Gasteiger partial charge in [0.05, 0.1) is 13.3 Å². The van der Waals surface area contributed by atoms with E-state index in [1.807, 2.05) is 0 Å². The fourth-order valence-electron chi connectivity index (χ4n) is 1.83. The van der Waals surface area contributed by atoms with Crippen molar-refractivity contribution in [1.82, 2.24) is 10.3 Å². The zero-order chi connectivity index (χ0) is 9.97. The molecular formula is C10H14ClFN2O. The molecule has 1 aromatic rings. The van der Waals surface area contributed by atoms with E-state index in [1.165, 1.54) is 12.3 Å². The molecule has 0 saturated carbocycles. The van der Waals surface area contributed by atoms with E-state index in [1.54, 1.807) is 7.11 Å². The van der Waals surface area contributed by atoms with Crippen LogP contribution >= 0.6 is 12.4 Å². The van der Waals surface area contributed by atoms with Crippen molar-refractivity contribution in [2.45, 2.75) is 12.3 Å². The van der Waals surface area contributed by atoms with Gasteiger partial charge < -0.3 is 10.1 Å². The fourth-order valence-corrected chi connectivity index (χ4v) is 1.83. The van der Waals surface area contributed by atoms with Gasteiger partial charge in [0.25, 0.3) is 0 Å². The van der Waals surface area contributed by atoms with Gasteiger partial charge in [-0.15, -0.1) is 12.4 Å². The number of aromatic nitrogens is 1. The average molecular weight is 233 g/mol. The number of pyridine rings is 1. The molecular weight excluding hydrogens is 219 g/mol. The summed E-state index contributed by atoms with van der Waals surface area (Å²) in [5.41, 5.74) is 0.873. The Morgan fingerprint density at radius 2 is 2.40 bits per heavy atom. The molecule has 0 radical (unpaired) electrons. The van der Waals surface area contributed by atoms with Crippen LogP contribution in [0.25, 0.3) is 0 Å². The molecule has 1 aliphatic rings. The molecule has 2 rings (SSSR count). The van der Waals surface area contributed by atoms with Crippen LogP contribution in [-0.4, -0.2) is 25.2 Å². The summed E-state index contributed by atoms with van der Waals surface area (Å²) in [6, 6.07) is 1.52. The average Bonchev–Trinajstić information content (AvgIpc) is 2.70. The van der Waals surface area contributed by atoms with E-state index in [-0.39, 0.29) is 18.2 Å². The monoisotopic (exact) mass is 232 g/mol. The van der Waals surface area contributed by atoms with Crippen LogP contribution in [0.2, 0.25) is 0 Å². The highest BCUT2D eigenvalue weighted by molar-refractivity contribution is 5.85. The Hall–Kier alpha value is -0.870. The van der Waals surface area contributed by atoms with Gasteiger partial charge in [-0.25, -0.2) is 9.37 Å². The zero-order valence-electron chi connectivity index (χ0n) is 8.50. The number of rotatable bonds is 2. The van der Waals surface area contributed by atoms with Crippen LogP contribution in [0.4, 0.5) is 4.39 Å². The SMILES string of the molecule is COc1ncc(F)cc1C1CCNC1.Cl. The lowest BCUT2D eigenvalue weighted by Crippen LogP contribution is -2.09. The Labute approximate surface area is 94.5 Å². The minimum Gasteiger partial charge on any atom is -0.481 e.